The van der Waals surface area contributed by atoms with Gasteiger partial charge in [-0.2, -0.15) is 0 Å². The van der Waals surface area contributed by atoms with Crippen LogP contribution in [0.25, 0.3) is 0 Å². The Balaban J connectivity index is 1.57. The molecular weight excluding hydrogens is 518 g/mol. The van der Waals surface area contributed by atoms with Crippen molar-refractivity contribution in [3.8, 4) is 11.5 Å². The van der Waals surface area contributed by atoms with Crippen LogP contribution in [0.2, 0.25) is 5.02 Å². The Morgan fingerprint density at radius 2 is 1.69 bits per heavy atom. The lowest BCUT2D eigenvalue weighted by atomic mass is 10.0. The summed E-state index contributed by atoms with van der Waals surface area (Å²) < 4.78 is 16.5. The molecule has 0 bridgehead atoms. The molecule has 2 amide bonds. The summed E-state index contributed by atoms with van der Waals surface area (Å²) in [5.74, 6) is 0.513. The summed E-state index contributed by atoms with van der Waals surface area (Å²) in [6.07, 6.45) is 0. The normalized spacial score (nSPS) is 14.3. The third-order valence-electron chi connectivity index (χ3n) is 6.53. The Hall–Kier alpha value is -3.59. The van der Waals surface area contributed by atoms with E-state index in [1.165, 1.54) is 0 Å². The van der Waals surface area contributed by atoms with Crippen molar-refractivity contribution >= 4 is 23.4 Å². The summed E-state index contributed by atoms with van der Waals surface area (Å²) in [5.41, 5.74) is 1.56. The zero-order valence-electron chi connectivity index (χ0n) is 22.1. The van der Waals surface area contributed by atoms with Gasteiger partial charge in [-0.05, 0) is 35.4 Å². The van der Waals surface area contributed by atoms with E-state index in [9.17, 15) is 9.59 Å². The number of morpholine rings is 1. The van der Waals surface area contributed by atoms with Gasteiger partial charge in [-0.15, -0.1) is 0 Å². The molecule has 1 N–H and O–H groups in total. The van der Waals surface area contributed by atoms with Crippen LogP contribution in [0, 0.1) is 0 Å². The van der Waals surface area contributed by atoms with Gasteiger partial charge in [0.25, 0.3) is 5.91 Å². The lowest BCUT2D eigenvalue weighted by Gasteiger charge is -2.32. The third kappa shape index (κ3) is 8.20. The van der Waals surface area contributed by atoms with Crippen molar-refractivity contribution in [2.24, 2.45) is 0 Å². The molecule has 1 saturated heterocycles. The lowest BCUT2D eigenvalue weighted by Crippen LogP contribution is -2.47. The van der Waals surface area contributed by atoms with Crippen molar-refractivity contribution in [1.82, 2.24) is 15.1 Å². The van der Waals surface area contributed by atoms with Crippen LogP contribution in [0.4, 0.5) is 0 Å². The number of hydrogen-bond acceptors (Lipinski definition) is 6. The summed E-state index contributed by atoms with van der Waals surface area (Å²) >= 11 is 6.24. The number of carbonyl (C=O) groups is 2. The van der Waals surface area contributed by atoms with Crippen LogP contribution in [0.5, 0.6) is 11.5 Å². The van der Waals surface area contributed by atoms with Crippen molar-refractivity contribution in [1.29, 1.82) is 0 Å². The minimum atomic E-state index is -0.861. The summed E-state index contributed by atoms with van der Waals surface area (Å²) in [6.45, 7) is 4.14. The zero-order chi connectivity index (χ0) is 27.5. The van der Waals surface area contributed by atoms with E-state index in [0.29, 0.717) is 48.4 Å². The van der Waals surface area contributed by atoms with Crippen LogP contribution in [0.15, 0.2) is 78.9 Å². The van der Waals surface area contributed by atoms with Crippen molar-refractivity contribution in [2.75, 3.05) is 53.1 Å². The van der Waals surface area contributed by atoms with Gasteiger partial charge in [-0.3, -0.25) is 14.5 Å². The minimum Gasteiger partial charge on any atom is -0.497 e. The van der Waals surface area contributed by atoms with Gasteiger partial charge in [0.1, 0.15) is 17.5 Å². The first-order valence-electron chi connectivity index (χ1n) is 13.0. The molecule has 3 aromatic rings. The molecule has 39 heavy (non-hydrogen) atoms. The second-order valence-electron chi connectivity index (χ2n) is 9.15. The maximum Gasteiger partial charge on any atom is 0.261 e. The van der Waals surface area contributed by atoms with E-state index < -0.39 is 6.04 Å². The molecule has 0 saturated carbocycles. The standard InChI is InChI=1S/C30H34ClN3O5/c1-37-25-13-11-23(12-14-25)21-34(28(35)22-39-27-10-6-5-9-26(27)31)29(24-7-3-2-4-8-24)30(36)32-15-16-33-17-19-38-20-18-33/h2-14,29H,15-22H2,1H3,(H,32,36). The number of hydrogen-bond donors (Lipinski definition) is 1. The molecule has 9 heteroatoms. The van der Waals surface area contributed by atoms with E-state index in [1.807, 2.05) is 54.6 Å². The van der Waals surface area contributed by atoms with Gasteiger partial charge < -0.3 is 24.4 Å². The molecule has 1 atom stereocenters. The molecule has 1 heterocycles. The number of rotatable bonds is 12. The first kappa shape index (κ1) is 28.4. The van der Waals surface area contributed by atoms with Crippen LogP contribution in [-0.2, 0) is 20.9 Å². The topological polar surface area (TPSA) is 80.3 Å². The second kappa shape index (κ2) is 14.5. The summed E-state index contributed by atoms with van der Waals surface area (Å²) in [6, 6.07) is 22.9. The monoisotopic (exact) mass is 551 g/mol. The molecule has 0 aliphatic carbocycles. The molecule has 8 nitrogen and oxygen atoms in total. The number of amides is 2. The molecule has 0 spiro atoms. The maximum atomic E-state index is 13.7. The summed E-state index contributed by atoms with van der Waals surface area (Å²) in [5, 5.41) is 3.46. The van der Waals surface area contributed by atoms with Crippen LogP contribution < -0.4 is 14.8 Å². The average Bonchev–Trinajstić information content (AvgIpc) is 2.98. The number of para-hydroxylation sites is 1. The predicted octanol–water partition coefficient (Wildman–Crippen LogP) is 3.95. The Labute approximate surface area is 234 Å². The largest absolute Gasteiger partial charge is 0.497 e. The Morgan fingerprint density at radius 3 is 2.38 bits per heavy atom. The number of nitrogens with one attached hydrogen (secondary N) is 1. The van der Waals surface area contributed by atoms with Gasteiger partial charge in [-0.1, -0.05) is 66.2 Å². The Morgan fingerprint density at radius 1 is 1.00 bits per heavy atom. The number of methoxy groups -OCH3 is 1. The number of carbonyl (C=O) groups excluding carboxylic acids is 2. The first-order chi connectivity index (χ1) is 19.0. The quantitative estimate of drug-likeness (QED) is 0.367. The van der Waals surface area contributed by atoms with Crippen molar-refractivity contribution < 1.29 is 23.8 Å². The smallest absolute Gasteiger partial charge is 0.261 e. The highest BCUT2D eigenvalue weighted by molar-refractivity contribution is 6.32. The van der Waals surface area contributed by atoms with Crippen LogP contribution in [-0.4, -0.2) is 74.7 Å². The van der Waals surface area contributed by atoms with Gasteiger partial charge in [-0.25, -0.2) is 0 Å². The number of benzene rings is 3. The molecule has 1 aliphatic heterocycles. The summed E-state index contributed by atoms with van der Waals surface area (Å²) in [7, 11) is 1.60. The molecule has 1 unspecified atom stereocenters. The van der Waals surface area contributed by atoms with E-state index in [1.54, 1.807) is 36.3 Å². The maximum absolute atomic E-state index is 13.7. The molecule has 4 rings (SSSR count). The van der Waals surface area contributed by atoms with Crippen molar-refractivity contribution in [2.45, 2.75) is 12.6 Å². The fourth-order valence-electron chi connectivity index (χ4n) is 4.40. The Kier molecular flexibility index (Phi) is 10.6. The fourth-order valence-corrected chi connectivity index (χ4v) is 4.59. The van der Waals surface area contributed by atoms with E-state index in [2.05, 4.69) is 10.2 Å². The SMILES string of the molecule is COc1ccc(CN(C(=O)COc2ccccc2Cl)C(C(=O)NCCN2CCOCC2)c2ccccc2)cc1. The molecule has 3 aromatic carbocycles. The summed E-state index contributed by atoms with van der Waals surface area (Å²) in [4.78, 5) is 31.2. The average molecular weight is 552 g/mol. The van der Waals surface area contributed by atoms with Gasteiger partial charge in [0.05, 0.1) is 25.3 Å². The second-order valence-corrected chi connectivity index (χ2v) is 9.55. The fraction of sp³-hybridized carbons (Fsp3) is 0.333. The number of ether oxygens (including phenoxy) is 3. The number of nitrogens with zero attached hydrogens (tertiary/aromatic N) is 2. The lowest BCUT2D eigenvalue weighted by molar-refractivity contribution is -0.143. The number of halogens is 1. The van der Waals surface area contributed by atoms with Crippen molar-refractivity contribution in [3.63, 3.8) is 0 Å². The van der Waals surface area contributed by atoms with Gasteiger partial charge in [0.15, 0.2) is 6.61 Å². The van der Waals surface area contributed by atoms with Crippen molar-refractivity contribution in [3.05, 3.63) is 95.0 Å². The van der Waals surface area contributed by atoms with E-state index >= 15 is 0 Å². The van der Waals surface area contributed by atoms with E-state index in [4.69, 9.17) is 25.8 Å². The Bertz CT molecular complexity index is 1200. The first-order valence-corrected chi connectivity index (χ1v) is 13.4. The highest BCUT2D eigenvalue weighted by Crippen LogP contribution is 2.27. The molecule has 206 valence electrons. The van der Waals surface area contributed by atoms with Gasteiger partial charge in [0.2, 0.25) is 5.91 Å². The zero-order valence-corrected chi connectivity index (χ0v) is 22.8. The molecular formula is C30H34ClN3O5. The van der Waals surface area contributed by atoms with Crippen LogP contribution in [0.3, 0.4) is 0 Å². The minimum absolute atomic E-state index is 0.200. The molecule has 1 aliphatic rings. The molecule has 1 fully saturated rings. The van der Waals surface area contributed by atoms with E-state index in [-0.39, 0.29) is 25.0 Å². The highest BCUT2D eigenvalue weighted by atomic mass is 35.5. The highest BCUT2D eigenvalue weighted by Gasteiger charge is 2.32. The predicted molar refractivity (Wildman–Crippen MR) is 150 cm³/mol. The third-order valence-corrected chi connectivity index (χ3v) is 6.84. The van der Waals surface area contributed by atoms with Gasteiger partial charge in [0, 0.05) is 32.7 Å². The van der Waals surface area contributed by atoms with E-state index in [0.717, 1.165) is 18.7 Å². The molecule has 0 radical (unpaired) electrons. The van der Waals surface area contributed by atoms with Gasteiger partial charge >= 0.3 is 0 Å². The van der Waals surface area contributed by atoms with Crippen LogP contribution in [0.1, 0.15) is 17.2 Å². The molecule has 0 aromatic heterocycles. The van der Waals surface area contributed by atoms with Crippen LogP contribution >= 0.6 is 11.6 Å².